The summed E-state index contributed by atoms with van der Waals surface area (Å²) in [7, 11) is 1.73. The molecule has 0 bridgehead atoms. The van der Waals surface area contributed by atoms with Crippen molar-refractivity contribution in [1.29, 1.82) is 0 Å². The molecule has 0 aliphatic carbocycles. The Morgan fingerprint density at radius 1 is 1.17 bits per heavy atom. The molecule has 2 fully saturated rings. The molecule has 2 aliphatic rings. The predicted octanol–water partition coefficient (Wildman–Crippen LogP) is 3.12. The van der Waals surface area contributed by atoms with Crippen LogP contribution in [0.25, 0.3) is 11.3 Å². The Hall–Kier alpha value is -2.25. The molecule has 1 aromatic heterocycles. The smallest absolute Gasteiger partial charge is 0.245 e. The van der Waals surface area contributed by atoms with Crippen molar-refractivity contribution in [2.45, 2.75) is 56.7 Å². The van der Waals surface area contributed by atoms with Crippen molar-refractivity contribution in [2.24, 2.45) is 0 Å². The first kappa shape index (κ1) is 20.0. The van der Waals surface area contributed by atoms with Gasteiger partial charge in [-0.3, -0.25) is 9.59 Å². The standard InChI is InChI=1S/C22H28N4O2S/c1-23-13-20(27)24-17-10-6-5-9-16-11-12-19(26(16)22(17)28)21-25-18(14-29-21)15-7-3-2-4-8-15/h2-4,7-8,14,16-17,19,23H,5-6,9-13H2,1H3,(H,24,27)/t16-,17-,19-/m0/s1. The lowest BCUT2D eigenvalue weighted by molar-refractivity contribution is -0.140. The molecule has 1 aromatic carbocycles. The average Bonchev–Trinajstić information content (AvgIpc) is 3.36. The van der Waals surface area contributed by atoms with Crippen molar-refractivity contribution in [1.82, 2.24) is 20.5 Å². The minimum absolute atomic E-state index is 0.0109. The van der Waals surface area contributed by atoms with Gasteiger partial charge in [0.05, 0.1) is 18.3 Å². The number of hydrogen-bond acceptors (Lipinski definition) is 5. The molecule has 2 aliphatic heterocycles. The van der Waals surface area contributed by atoms with Gasteiger partial charge in [0.15, 0.2) is 0 Å². The van der Waals surface area contributed by atoms with Gasteiger partial charge in [0.2, 0.25) is 11.8 Å². The van der Waals surface area contributed by atoms with Gasteiger partial charge >= 0.3 is 0 Å². The molecule has 7 heteroatoms. The Morgan fingerprint density at radius 3 is 2.76 bits per heavy atom. The lowest BCUT2D eigenvalue weighted by Crippen LogP contribution is -2.52. The van der Waals surface area contributed by atoms with Crippen LogP contribution in [0, 0.1) is 0 Å². The van der Waals surface area contributed by atoms with Gasteiger partial charge in [-0.1, -0.05) is 43.2 Å². The first-order chi connectivity index (χ1) is 14.2. The minimum Gasteiger partial charge on any atom is -0.343 e. The van der Waals surface area contributed by atoms with Crippen molar-refractivity contribution in [3.05, 3.63) is 40.7 Å². The first-order valence-corrected chi connectivity index (χ1v) is 11.3. The van der Waals surface area contributed by atoms with E-state index >= 15 is 0 Å². The van der Waals surface area contributed by atoms with E-state index in [1.54, 1.807) is 18.4 Å². The van der Waals surface area contributed by atoms with Gasteiger partial charge < -0.3 is 15.5 Å². The summed E-state index contributed by atoms with van der Waals surface area (Å²) in [5, 5.41) is 8.88. The number of likely N-dealkylation sites (N-methyl/N-ethyl adjacent to an activating group) is 1. The van der Waals surface area contributed by atoms with Crippen LogP contribution < -0.4 is 10.6 Å². The van der Waals surface area contributed by atoms with Gasteiger partial charge in [-0.15, -0.1) is 11.3 Å². The highest BCUT2D eigenvalue weighted by Crippen LogP contribution is 2.41. The number of hydrogen-bond donors (Lipinski definition) is 2. The number of amides is 2. The van der Waals surface area contributed by atoms with Crippen LogP contribution in [0.1, 0.15) is 49.6 Å². The fourth-order valence-electron chi connectivity index (χ4n) is 4.50. The van der Waals surface area contributed by atoms with Crippen LogP contribution >= 0.6 is 11.3 Å². The number of rotatable bonds is 5. The Kier molecular flexibility index (Phi) is 6.25. The van der Waals surface area contributed by atoms with Crippen LogP contribution in [-0.4, -0.2) is 47.4 Å². The van der Waals surface area contributed by atoms with Gasteiger partial charge in [0, 0.05) is 17.0 Å². The van der Waals surface area contributed by atoms with Gasteiger partial charge in [-0.05, 0) is 32.7 Å². The number of benzene rings is 1. The van der Waals surface area contributed by atoms with E-state index in [4.69, 9.17) is 4.98 Å². The van der Waals surface area contributed by atoms with Crippen LogP contribution in [-0.2, 0) is 9.59 Å². The molecule has 0 saturated carbocycles. The zero-order valence-electron chi connectivity index (χ0n) is 16.8. The molecule has 29 heavy (non-hydrogen) atoms. The highest BCUT2D eigenvalue weighted by atomic mass is 32.1. The van der Waals surface area contributed by atoms with Crippen molar-refractivity contribution in [3.63, 3.8) is 0 Å². The molecule has 0 spiro atoms. The lowest BCUT2D eigenvalue weighted by Gasteiger charge is -2.35. The largest absolute Gasteiger partial charge is 0.343 e. The summed E-state index contributed by atoms with van der Waals surface area (Å²) < 4.78 is 0. The maximum Gasteiger partial charge on any atom is 0.245 e. The monoisotopic (exact) mass is 412 g/mol. The second-order valence-electron chi connectivity index (χ2n) is 7.86. The Morgan fingerprint density at radius 2 is 1.97 bits per heavy atom. The van der Waals surface area contributed by atoms with E-state index in [0.717, 1.165) is 48.4 Å². The molecule has 6 nitrogen and oxygen atoms in total. The van der Waals surface area contributed by atoms with Crippen molar-refractivity contribution in [2.75, 3.05) is 13.6 Å². The number of nitrogens with zero attached hydrogens (tertiary/aromatic N) is 2. The maximum atomic E-state index is 13.4. The van der Waals surface area contributed by atoms with Gasteiger partial charge in [-0.2, -0.15) is 0 Å². The molecule has 4 rings (SSSR count). The molecule has 2 saturated heterocycles. The Balaban J connectivity index is 1.56. The van der Waals surface area contributed by atoms with Crippen LogP contribution in [0.3, 0.4) is 0 Å². The number of aromatic nitrogens is 1. The fourth-order valence-corrected chi connectivity index (χ4v) is 5.46. The second-order valence-corrected chi connectivity index (χ2v) is 8.75. The molecule has 2 N–H and O–H groups in total. The van der Waals surface area contributed by atoms with E-state index in [0.29, 0.717) is 6.42 Å². The SMILES string of the molecule is CNCC(=O)N[C@H]1CCCC[C@H]2CC[C@@H](c3nc(-c4ccccc4)cs3)N2C1=O. The van der Waals surface area contributed by atoms with E-state index in [2.05, 4.69) is 28.1 Å². The van der Waals surface area contributed by atoms with Gasteiger partial charge in [-0.25, -0.2) is 4.98 Å². The van der Waals surface area contributed by atoms with Crippen molar-refractivity contribution in [3.8, 4) is 11.3 Å². The molecular weight excluding hydrogens is 384 g/mol. The van der Waals surface area contributed by atoms with E-state index in [1.165, 1.54) is 0 Å². The zero-order valence-corrected chi connectivity index (χ0v) is 17.6. The summed E-state index contributed by atoms with van der Waals surface area (Å²) >= 11 is 1.63. The van der Waals surface area contributed by atoms with Crippen molar-refractivity contribution < 1.29 is 9.59 Å². The fraction of sp³-hybridized carbons (Fsp3) is 0.500. The third-order valence-electron chi connectivity index (χ3n) is 5.88. The highest BCUT2D eigenvalue weighted by molar-refractivity contribution is 7.10. The molecule has 154 valence electrons. The number of nitrogens with one attached hydrogen (secondary N) is 2. The van der Waals surface area contributed by atoms with E-state index in [-0.39, 0.29) is 30.4 Å². The van der Waals surface area contributed by atoms with Crippen LogP contribution in [0.4, 0.5) is 0 Å². The molecule has 3 heterocycles. The highest BCUT2D eigenvalue weighted by Gasteiger charge is 2.42. The van der Waals surface area contributed by atoms with E-state index in [9.17, 15) is 9.59 Å². The van der Waals surface area contributed by atoms with Gasteiger partial charge in [0.1, 0.15) is 11.0 Å². The molecule has 2 aromatic rings. The summed E-state index contributed by atoms with van der Waals surface area (Å²) in [4.78, 5) is 32.5. The summed E-state index contributed by atoms with van der Waals surface area (Å²) in [5.74, 6) is -0.0718. The molecular formula is C22H28N4O2S. The molecule has 3 atom stereocenters. The summed E-state index contributed by atoms with van der Waals surface area (Å²) in [6, 6.07) is 9.97. The summed E-state index contributed by atoms with van der Waals surface area (Å²) in [5.41, 5.74) is 2.06. The Labute approximate surface area is 175 Å². The average molecular weight is 413 g/mol. The Bertz CT molecular complexity index is 854. The topological polar surface area (TPSA) is 74.3 Å². The quantitative estimate of drug-likeness (QED) is 0.791. The zero-order chi connectivity index (χ0) is 20.2. The first-order valence-electron chi connectivity index (χ1n) is 10.4. The van der Waals surface area contributed by atoms with Crippen LogP contribution in [0.15, 0.2) is 35.7 Å². The molecule has 0 unspecified atom stereocenters. The maximum absolute atomic E-state index is 13.4. The number of carbonyl (C=O) groups is 2. The molecule has 0 radical (unpaired) electrons. The summed E-state index contributed by atoms with van der Waals surface area (Å²) in [6.45, 7) is 0.226. The number of thiazole rings is 1. The third-order valence-corrected chi connectivity index (χ3v) is 6.83. The van der Waals surface area contributed by atoms with Gasteiger partial charge in [0.25, 0.3) is 0 Å². The van der Waals surface area contributed by atoms with Crippen molar-refractivity contribution >= 4 is 23.2 Å². The van der Waals surface area contributed by atoms with E-state index in [1.807, 2.05) is 23.1 Å². The second kappa shape index (κ2) is 9.05. The third kappa shape index (κ3) is 4.36. The number of fused-ring (bicyclic) bond motifs is 1. The lowest BCUT2D eigenvalue weighted by atomic mass is 9.99. The normalized spacial score (nSPS) is 24.7. The number of carbonyl (C=O) groups excluding carboxylic acids is 2. The predicted molar refractivity (Wildman–Crippen MR) is 114 cm³/mol. The van der Waals surface area contributed by atoms with Crippen LogP contribution in [0.2, 0.25) is 0 Å². The minimum atomic E-state index is -0.437. The summed E-state index contributed by atoms with van der Waals surface area (Å²) in [6.07, 6.45) is 5.75. The van der Waals surface area contributed by atoms with E-state index < -0.39 is 6.04 Å². The molecule has 2 amide bonds. The van der Waals surface area contributed by atoms with Crippen LogP contribution in [0.5, 0.6) is 0 Å².